The van der Waals surface area contributed by atoms with E-state index in [1.807, 2.05) is 35.2 Å². The Morgan fingerprint density at radius 3 is 2.23 bits per heavy atom. The Hall–Kier alpha value is -3.57. The van der Waals surface area contributed by atoms with Crippen molar-refractivity contribution < 1.29 is 27.9 Å². The number of carboxylic acids is 1. The average molecular weight is 511 g/mol. The first-order chi connectivity index (χ1) is 16.5. The zero-order valence-electron chi connectivity index (χ0n) is 18.5. The van der Waals surface area contributed by atoms with Gasteiger partial charge in [0.1, 0.15) is 5.69 Å². The number of carbonyl (C=O) groups excluding carboxylic acids is 1. The van der Waals surface area contributed by atoms with E-state index in [4.69, 9.17) is 21.5 Å². The summed E-state index contributed by atoms with van der Waals surface area (Å²) in [6.07, 6.45) is -5.08. The molecule has 0 spiro atoms. The largest absolute Gasteiger partial charge is 0.490 e. The predicted octanol–water partition coefficient (Wildman–Crippen LogP) is 3.58. The molecular formula is C23H22ClF3N4O4. The van der Waals surface area contributed by atoms with E-state index in [0.29, 0.717) is 17.3 Å². The van der Waals surface area contributed by atoms with Crippen LogP contribution in [0.2, 0.25) is 5.02 Å². The molecule has 1 amide bonds. The van der Waals surface area contributed by atoms with E-state index in [1.54, 1.807) is 24.3 Å². The topological polar surface area (TPSA) is 98.6 Å². The van der Waals surface area contributed by atoms with Crippen molar-refractivity contribution >= 4 is 23.5 Å². The molecule has 8 nitrogen and oxygen atoms in total. The highest BCUT2D eigenvalue weighted by Gasteiger charge is 2.38. The number of hydrogen-bond acceptors (Lipinski definition) is 4. The van der Waals surface area contributed by atoms with Gasteiger partial charge in [0.15, 0.2) is 0 Å². The Bertz CT molecular complexity index is 1230. The number of H-pyrrole nitrogens is 1. The molecular weight excluding hydrogens is 489 g/mol. The monoisotopic (exact) mass is 510 g/mol. The molecule has 1 saturated heterocycles. The highest BCUT2D eigenvalue weighted by Crippen LogP contribution is 2.26. The van der Waals surface area contributed by atoms with Gasteiger partial charge in [-0.05, 0) is 36.9 Å². The quantitative estimate of drug-likeness (QED) is 0.561. The van der Waals surface area contributed by atoms with Crippen LogP contribution in [0.4, 0.5) is 13.2 Å². The molecule has 1 atom stereocenters. The second kappa shape index (κ2) is 10.8. The Labute approximate surface area is 203 Å². The van der Waals surface area contributed by atoms with Crippen LogP contribution in [0.5, 0.6) is 0 Å². The Kier molecular flexibility index (Phi) is 8.03. The van der Waals surface area contributed by atoms with Gasteiger partial charge in [-0.2, -0.15) is 13.2 Å². The summed E-state index contributed by atoms with van der Waals surface area (Å²) in [4.78, 5) is 38.6. The van der Waals surface area contributed by atoms with E-state index in [-0.39, 0.29) is 23.2 Å². The third-order valence-corrected chi connectivity index (χ3v) is 5.56. The number of aromatic amines is 1. The summed E-state index contributed by atoms with van der Waals surface area (Å²) in [6, 6.07) is 18.2. The molecule has 186 valence electrons. The van der Waals surface area contributed by atoms with Crippen molar-refractivity contribution in [3.05, 3.63) is 87.3 Å². The average Bonchev–Trinajstić information content (AvgIpc) is 3.21. The summed E-state index contributed by atoms with van der Waals surface area (Å²) in [5.41, 5.74) is 1.72. The van der Waals surface area contributed by atoms with Crippen molar-refractivity contribution in [3.8, 4) is 5.69 Å². The van der Waals surface area contributed by atoms with Gasteiger partial charge in [-0.15, -0.1) is 0 Å². The van der Waals surface area contributed by atoms with Gasteiger partial charge < -0.3 is 14.9 Å². The number of benzene rings is 2. The van der Waals surface area contributed by atoms with Crippen molar-refractivity contribution in [1.82, 2.24) is 19.6 Å². The van der Waals surface area contributed by atoms with Gasteiger partial charge in [0.25, 0.3) is 11.5 Å². The lowest BCUT2D eigenvalue weighted by Gasteiger charge is -2.40. The number of piperazine rings is 1. The van der Waals surface area contributed by atoms with E-state index in [9.17, 15) is 22.8 Å². The summed E-state index contributed by atoms with van der Waals surface area (Å²) in [5.74, 6) is -2.93. The van der Waals surface area contributed by atoms with Gasteiger partial charge >= 0.3 is 12.1 Å². The minimum atomic E-state index is -5.08. The van der Waals surface area contributed by atoms with E-state index in [1.165, 1.54) is 10.7 Å². The predicted molar refractivity (Wildman–Crippen MR) is 123 cm³/mol. The summed E-state index contributed by atoms with van der Waals surface area (Å²) in [7, 11) is 2.05. The molecule has 2 heterocycles. The Balaban J connectivity index is 0.000000429. The third kappa shape index (κ3) is 6.52. The molecule has 12 heteroatoms. The lowest BCUT2D eigenvalue weighted by atomic mass is 10.0. The second-order valence-corrected chi connectivity index (χ2v) is 8.25. The number of amides is 1. The van der Waals surface area contributed by atoms with Crippen molar-refractivity contribution in [3.63, 3.8) is 0 Å². The third-order valence-electron chi connectivity index (χ3n) is 5.31. The number of carbonyl (C=O) groups is 2. The molecule has 1 aliphatic rings. The SMILES string of the molecule is CN1CCN(C(=O)c2cc(=O)n(-c3ccc(Cl)cc3)[nH]2)C(c2ccccc2)C1.O=C(O)C(F)(F)F. The van der Waals surface area contributed by atoms with E-state index in [2.05, 4.69) is 17.0 Å². The number of hydrogen-bond donors (Lipinski definition) is 2. The molecule has 2 N–H and O–H groups in total. The molecule has 1 fully saturated rings. The zero-order chi connectivity index (χ0) is 25.8. The van der Waals surface area contributed by atoms with Gasteiger partial charge in [0.05, 0.1) is 11.7 Å². The summed E-state index contributed by atoms with van der Waals surface area (Å²) >= 11 is 5.92. The van der Waals surface area contributed by atoms with E-state index < -0.39 is 12.1 Å². The van der Waals surface area contributed by atoms with Crippen LogP contribution < -0.4 is 5.56 Å². The fourth-order valence-electron chi connectivity index (χ4n) is 3.57. The molecule has 2 aromatic carbocycles. The fourth-order valence-corrected chi connectivity index (χ4v) is 3.69. The summed E-state index contributed by atoms with van der Waals surface area (Å²) in [6.45, 7) is 2.14. The van der Waals surface area contributed by atoms with Crippen LogP contribution in [0.1, 0.15) is 22.1 Å². The molecule has 0 saturated carbocycles. The molecule has 0 aliphatic carbocycles. The molecule has 3 aromatic rings. The smallest absolute Gasteiger partial charge is 0.475 e. The van der Waals surface area contributed by atoms with Crippen molar-refractivity contribution in [2.45, 2.75) is 12.2 Å². The van der Waals surface area contributed by atoms with Crippen molar-refractivity contribution in [1.29, 1.82) is 0 Å². The first-order valence-electron chi connectivity index (χ1n) is 10.4. The number of nitrogens with one attached hydrogen (secondary N) is 1. The van der Waals surface area contributed by atoms with Crippen LogP contribution in [0.3, 0.4) is 0 Å². The number of alkyl halides is 3. The highest BCUT2D eigenvalue weighted by molar-refractivity contribution is 6.30. The molecule has 0 radical (unpaired) electrons. The van der Waals surface area contributed by atoms with Crippen LogP contribution in [0.25, 0.3) is 5.69 Å². The van der Waals surface area contributed by atoms with Crippen LogP contribution in [-0.4, -0.2) is 69.4 Å². The Morgan fingerprint density at radius 1 is 1.06 bits per heavy atom. The van der Waals surface area contributed by atoms with Crippen LogP contribution in [-0.2, 0) is 4.79 Å². The number of nitrogens with zero attached hydrogens (tertiary/aromatic N) is 3. The number of aliphatic carboxylic acids is 1. The first-order valence-corrected chi connectivity index (χ1v) is 10.8. The molecule has 35 heavy (non-hydrogen) atoms. The standard InChI is InChI=1S/C21H21ClN4O2.C2HF3O2/c1-24-11-12-25(19(14-24)15-5-3-2-4-6-15)21(28)18-13-20(27)26(23-18)17-9-7-16(22)8-10-17;3-2(4,5)1(6)7/h2-10,13,19,23H,11-12,14H2,1H3;(H,6,7). The Morgan fingerprint density at radius 2 is 1.66 bits per heavy atom. The maximum absolute atomic E-state index is 13.2. The molecule has 0 bridgehead atoms. The zero-order valence-corrected chi connectivity index (χ0v) is 19.3. The summed E-state index contributed by atoms with van der Waals surface area (Å²) in [5, 5.41) is 10.7. The maximum atomic E-state index is 13.2. The number of halogens is 4. The lowest BCUT2D eigenvalue weighted by Crippen LogP contribution is -2.49. The normalized spacial score (nSPS) is 16.4. The van der Waals surface area contributed by atoms with Crippen LogP contribution in [0.15, 0.2) is 65.5 Å². The number of aromatic nitrogens is 2. The van der Waals surface area contributed by atoms with Gasteiger partial charge in [-0.3, -0.25) is 14.7 Å². The summed E-state index contributed by atoms with van der Waals surface area (Å²) < 4.78 is 33.1. The highest BCUT2D eigenvalue weighted by atomic mass is 35.5. The second-order valence-electron chi connectivity index (χ2n) is 7.81. The van der Waals surface area contributed by atoms with E-state index in [0.717, 1.165) is 18.7 Å². The molecule has 4 rings (SSSR count). The molecule has 1 aromatic heterocycles. The van der Waals surface area contributed by atoms with Gasteiger partial charge in [0, 0.05) is 30.7 Å². The van der Waals surface area contributed by atoms with Crippen molar-refractivity contribution in [2.75, 3.05) is 26.7 Å². The van der Waals surface area contributed by atoms with Gasteiger partial charge in [-0.1, -0.05) is 41.9 Å². The van der Waals surface area contributed by atoms with Gasteiger partial charge in [-0.25, -0.2) is 9.48 Å². The maximum Gasteiger partial charge on any atom is 0.490 e. The number of likely N-dealkylation sites (N-methyl/N-ethyl adjacent to an activating group) is 1. The number of carboxylic acid groups (broad SMARTS) is 1. The molecule has 1 unspecified atom stereocenters. The van der Waals surface area contributed by atoms with Crippen molar-refractivity contribution in [2.24, 2.45) is 0 Å². The van der Waals surface area contributed by atoms with Crippen LogP contribution in [0, 0.1) is 0 Å². The van der Waals surface area contributed by atoms with Gasteiger partial charge in [0.2, 0.25) is 0 Å². The van der Waals surface area contributed by atoms with Crippen LogP contribution >= 0.6 is 11.6 Å². The lowest BCUT2D eigenvalue weighted by molar-refractivity contribution is -0.192. The molecule has 1 aliphatic heterocycles. The minimum Gasteiger partial charge on any atom is -0.475 e. The first kappa shape index (κ1) is 26.0. The van der Waals surface area contributed by atoms with E-state index >= 15 is 0 Å². The fraction of sp³-hybridized carbons (Fsp3) is 0.261. The minimum absolute atomic E-state index is 0.0603. The number of rotatable bonds is 3.